The second-order valence-corrected chi connectivity index (χ2v) is 7.71. The molecule has 158 valence electrons. The van der Waals surface area contributed by atoms with Gasteiger partial charge in [-0.15, -0.1) is 0 Å². The van der Waals surface area contributed by atoms with Crippen LogP contribution in [0.15, 0.2) is 82.4 Å². The van der Waals surface area contributed by atoms with Crippen LogP contribution in [0.5, 0.6) is 5.75 Å². The van der Waals surface area contributed by atoms with Crippen LogP contribution >= 0.6 is 15.9 Å². The van der Waals surface area contributed by atoms with Crippen molar-refractivity contribution in [3.8, 4) is 5.75 Å². The second-order valence-electron chi connectivity index (χ2n) is 6.79. The van der Waals surface area contributed by atoms with E-state index >= 15 is 0 Å². The Balaban J connectivity index is 1.49. The third-order valence-electron chi connectivity index (χ3n) is 4.34. The monoisotopic (exact) mass is 479 g/mol. The molecule has 0 aromatic heterocycles. The average Bonchev–Trinajstić information content (AvgIpc) is 2.78. The zero-order valence-electron chi connectivity index (χ0n) is 17.0. The summed E-state index contributed by atoms with van der Waals surface area (Å²) in [6, 6.07) is 22.4. The van der Waals surface area contributed by atoms with Crippen molar-refractivity contribution >= 4 is 34.0 Å². The number of rotatable bonds is 8. The molecule has 0 unspecified atom stereocenters. The topological polar surface area (TPSA) is 79.8 Å². The number of hydrogen-bond donors (Lipinski definition) is 2. The van der Waals surface area contributed by atoms with Gasteiger partial charge in [0.25, 0.3) is 11.8 Å². The Kier molecular flexibility index (Phi) is 7.95. The zero-order chi connectivity index (χ0) is 22.1. The number of carbonyl (C=O) groups excluding carboxylic acids is 2. The van der Waals surface area contributed by atoms with Crippen molar-refractivity contribution in [3.63, 3.8) is 0 Å². The van der Waals surface area contributed by atoms with Crippen molar-refractivity contribution in [3.05, 3.63) is 99.5 Å². The molecule has 3 rings (SSSR count). The highest BCUT2D eigenvalue weighted by atomic mass is 79.9. The number of para-hydroxylation sites is 1. The average molecular weight is 480 g/mol. The number of hydrazone groups is 1. The lowest BCUT2D eigenvalue weighted by molar-refractivity contribution is -0.120. The van der Waals surface area contributed by atoms with Crippen LogP contribution in [0.1, 0.15) is 27.0 Å². The first-order chi connectivity index (χ1) is 15.0. The minimum absolute atomic E-state index is 0.175. The van der Waals surface area contributed by atoms with Gasteiger partial charge >= 0.3 is 0 Å². The molecule has 0 atom stereocenters. The highest BCUT2D eigenvalue weighted by Crippen LogP contribution is 2.18. The van der Waals surface area contributed by atoms with Crippen molar-refractivity contribution in [2.75, 3.05) is 6.54 Å². The molecule has 2 amide bonds. The first kappa shape index (κ1) is 22.2. The number of carbonyl (C=O) groups is 2. The van der Waals surface area contributed by atoms with E-state index in [0.29, 0.717) is 17.9 Å². The number of ether oxygens (including phenoxy) is 1. The Morgan fingerprint density at radius 1 is 1.00 bits per heavy atom. The molecule has 0 aliphatic rings. The summed E-state index contributed by atoms with van der Waals surface area (Å²) in [6.07, 6.45) is 1.51. The van der Waals surface area contributed by atoms with Crippen LogP contribution in [-0.2, 0) is 11.4 Å². The lowest BCUT2D eigenvalue weighted by Gasteiger charge is -2.09. The molecule has 0 radical (unpaired) electrons. The normalized spacial score (nSPS) is 10.6. The molecule has 6 nitrogen and oxygen atoms in total. The molecule has 0 heterocycles. The van der Waals surface area contributed by atoms with Gasteiger partial charge in [-0.05, 0) is 48.9 Å². The molecule has 0 fully saturated rings. The number of nitrogens with zero attached hydrogens (tertiary/aromatic N) is 1. The summed E-state index contributed by atoms with van der Waals surface area (Å²) in [7, 11) is 0. The summed E-state index contributed by atoms with van der Waals surface area (Å²) in [5.41, 5.74) is 5.73. The number of aryl methyl sites for hydroxylation is 1. The maximum Gasteiger partial charge on any atom is 0.259 e. The van der Waals surface area contributed by atoms with E-state index in [2.05, 4.69) is 31.8 Å². The first-order valence-corrected chi connectivity index (χ1v) is 10.4. The van der Waals surface area contributed by atoms with Crippen molar-refractivity contribution in [1.82, 2.24) is 10.7 Å². The SMILES string of the molecule is Cc1ccc(C(=O)NCC(=O)N/N=C/c2ccccc2OCc2ccc(Br)cc2)cc1. The minimum Gasteiger partial charge on any atom is -0.488 e. The van der Waals surface area contributed by atoms with Crippen LogP contribution in [0.25, 0.3) is 0 Å². The summed E-state index contributed by atoms with van der Waals surface area (Å²) in [5.74, 6) is -0.0908. The second kappa shape index (κ2) is 11.1. The maximum atomic E-state index is 12.1. The highest BCUT2D eigenvalue weighted by Gasteiger charge is 2.07. The third kappa shape index (κ3) is 7.08. The van der Waals surface area contributed by atoms with Crippen LogP contribution in [0, 0.1) is 6.92 Å². The fourth-order valence-corrected chi connectivity index (χ4v) is 2.91. The number of nitrogens with one attached hydrogen (secondary N) is 2. The quantitative estimate of drug-likeness (QED) is 0.375. The van der Waals surface area contributed by atoms with E-state index in [4.69, 9.17) is 4.74 Å². The standard InChI is InChI=1S/C24H22BrN3O3/c1-17-6-10-19(11-7-17)24(30)26-15-23(29)28-27-14-20-4-2-3-5-22(20)31-16-18-8-12-21(25)13-9-18/h2-14H,15-16H2,1H3,(H,26,30)(H,28,29)/b27-14+. The van der Waals surface area contributed by atoms with Gasteiger partial charge in [-0.1, -0.05) is 57.9 Å². The molecule has 2 N–H and O–H groups in total. The number of hydrogen-bond acceptors (Lipinski definition) is 4. The summed E-state index contributed by atoms with van der Waals surface area (Å²) >= 11 is 3.41. The van der Waals surface area contributed by atoms with E-state index < -0.39 is 5.91 Å². The van der Waals surface area contributed by atoms with E-state index in [1.165, 1.54) is 6.21 Å². The predicted octanol–water partition coefficient (Wildman–Crippen LogP) is 4.22. The van der Waals surface area contributed by atoms with Gasteiger partial charge in [-0.25, -0.2) is 5.43 Å². The molecule has 0 bridgehead atoms. The summed E-state index contributed by atoms with van der Waals surface area (Å²) in [4.78, 5) is 24.0. The van der Waals surface area contributed by atoms with Gasteiger partial charge in [-0.2, -0.15) is 5.10 Å². The predicted molar refractivity (Wildman–Crippen MR) is 124 cm³/mol. The molecular weight excluding hydrogens is 458 g/mol. The lowest BCUT2D eigenvalue weighted by atomic mass is 10.1. The van der Waals surface area contributed by atoms with E-state index in [1.807, 2.05) is 67.6 Å². The van der Waals surface area contributed by atoms with Crippen molar-refractivity contribution in [2.45, 2.75) is 13.5 Å². The van der Waals surface area contributed by atoms with Gasteiger partial charge in [0.15, 0.2) is 0 Å². The van der Waals surface area contributed by atoms with Crippen LogP contribution in [0.4, 0.5) is 0 Å². The molecule has 0 spiro atoms. The Morgan fingerprint density at radius 3 is 2.45 bits per heavy atom. The Morgan fingerprint density at radius 2 is 1.71 bits per heavy atom. The van der Waals surface area contributed by atoms with E-state index in [1.54, 1.807) is 12.1 Å². The fraction of sp³-hybridized carbons (Fsp3) is 0.125. The molecular formula is C24H22BrN3O3. The molecule has 3 aromatic carbocycles. The van der Waals surface area contributed by atoms with Crippen LogP contribution in [-0.4, -0.2) is 24.6 Å². The van der Waals surface area contributed by atoms with Crippen LogP contribution < -0.4 is 15.5 Å². The smallest absolute Gasteiger partial charge is 0.259 e. The van der Waals surface area contributed by atoms with E-state index in [9.17, 15) is 9.59 Å². The van der Waals surface area contributed by atoms with Gasteiger partial charge in [0.1, 0.15) is 12.4 Å². The summed E-state index contributed by atoms with van der Waals surface area (Å²) < 4.78 is 6.89. The Labute approximate surface area is 189 Å². The molecule has 0 aliphatic heterocycles. The fourth-order valence-electron chi connectivity index (χ4n) is 2.64. The number of halogens is 1. The van der Waals surface area contributed by atoms with Gasteiger partial charge in [0.2, 0.25) is 0 Å². The van der Waals surface area contributed by atoms with Crippen LogP contribution in [0.2, 0.25) is 0 Å². The van der Waals surface area contributed by atoms with Crippen molar-refractivity contribution in [1.29, 1.82) is 0 Å². The molecule has 0 saturated heterocycles. The molecule has 7 heteroatoms. The summed E-state index contributed by atoms with van der Waals surface area (Å²) in [5, 5.41) is 6.54. The summed E-state index contributed by atoms with van der Waals surface area (Å²) in [6.45, 7) is 2.18. The maximum absolute atomic E-state index is 12.1. The zero-order valence-corrected chi connectivity index (χ0v) is 18.6. The largest absolute Gasteiger partial charge is 0.488 e. The highest BCUT2D eigenvalue weighted by molar-refractivity contribution is 9.10. The first-order valence-electron chi connectivity index (χ1n) is 9.64. The van der Waals surface area contributed by atoms with Crippen molar-refractivity contribution in [2.24, 2.45) is 5.10 Å². The van der Waals surface area contributed by atoms with Crippen LogP contribution in [0.3, 0.4) is 0 Å². The van der Waals surface area contributed by atoms with Gasteiger partial charge in [-0.3, -0.25) is 9.59 Å². The number of amides is 2. The lowest BCUT2D eigenvalue weighted by Crippen LogP contribution is -2.34. The molecule has 31 heavy (non-hydrogen) atoms. The molecule has 0 aliphatic carbocycles. The van der Waals surface area contributed by atoms with Crippen molar-refractivity contribution < 1.29 is 14.3 Å². The van der Waals surface area contributed by atoms with E-state index in [-0.39, 0.29) is 12.5 Å². The molecule has 0 saturated carbocycles. The van der Waals surface area contributed by atoms with Gasteiger partial charge in [0.05, 0.1) is 12.8 Å². The minimum atomic E-state index is -0.426. The molecule has 3 aromatic rings. The third-order valence-corrected chi connectivity index (χ3v) is 4.87. The van der Waals surface area contributed by atoms with Gasteiger partial charge < -0.3 is 10.1 Å². The van der Waals surface area contributed by atoms with Gasteiger partial charge in [0, 0.05) is 15.6 Å². The Hall–Kier alpha value is -3.45. The van der Waals surface area contributed by atoms with E-state index in [0.717, 1.165) is 21.2 Å². The number of benzene rings is 3. The Bertz CT molecular complexity index is 1060.